The van der Waals surface area contributed by atoms with Gasteiger partial charge in [0.1, 0.15) is 6.54 Å². The Balaban J connectivity index is 3.68. The van der Waals surface area contributed by atoms with Gasteiger partial charge in [0.2, 0.25) is 5.91 Å². The number of nitrogens with one attached hydrogen (secondary N) is 2. The standard InChI is InChI=1S/C9H20N4O2/c1-7(2)13-9(10)12-6-8(14)11-4-5-15-3/h7H,4-6H2,1-3H3,(H,11,14)(H3,10,12,13). The minimum atomic E-state index is -0.166. The van der Waals surface area contributed by atoms with Gasteiger partial charge in [0, 0.05) is 19.7 Å². The van der Waals surface area contributed by atoms with Gasteiger partial charge in [-0.15, -0.1) is 0 Å². The highest BCUT2D eigenvalue weighted by Crippen LogP contribution is 1.77. The minimum Gasteiger partial charge on any atom is -0.383 e. The first-order chi connectivity index (χ1) is 7.06. The number of guanidine groups is 1. The van der Waals surface area contributed by atoms with Crippen LogP contribution in [0.5, 0.6) is 0 Å². The van der Waals surface area contributed by atoms with Crippen molar-refractivity contribution in [2.75, 3.05) is 26.8 Å². The van der Waals surface area contributed by atoms with E-state index in [-0.39, 0.29) is 24.5 Å². The maximum Gasteiger partial charge on any atom is 0.241 e. The average Bonchev–Trinajstić information content (AvgIpc) is 2.14. The molecule has 0 spiro atoms. The van der Waals surface area contributed by atoms with Crippen LogP contribution in [0.4, 0.5) is 0 Å². The molecule has 0 aliphatic rings. The summed E-state index contributed by atoms with van der Waals surface area (Å²) in [7, 11) is 1.58. The zero-order chi connectivity index (χ0) is 11.7. The Hall–Kier alpha value is -1.30. The maximum atomic E-state index is 11.2. The third-order valence-electron chi connectivity index (χ3n) is 1.46. The number of hydrogen-bond donors (Lipinski definition) is 3. The van der Waals surface area contributed by atoms with Crippen molar-refractivity contribution in [3.8, 4) is 0 Å². The molecule has 0 aromatic rings. The summed E-state index contributed by atoms with van der Waals surface area (Å²) in [5.74, 6) is 0.118. The van der Waals surface area contributed by atoms with Crippen LogP contribution in [0.1, 0.15) is 13.8 Å². The Bertz CT molecular complexity index is 216. The normalized spacial score (nSPS) is 11.6. The van der Waals surface area contributed by atoms with Crippen molar-refractivity contribution >= 4 is 11.9 Å². The Morgan fingerprint density at radius 3 is 2.73 bits per heavy atom. The third kappa shape index (κ3) is 9.01. The first-order valence-corrected chi connectivity index (χ1v) is 4.88. The van der Waals surface area contributed by atoms with Crippen LogP contribution in [-0.2, 0) is 9.53 Å². The van der Waals surface area contributed by atoms with Gasteiger partial charge in [0.15, 0.2) is 5.96 Å². The fourth-order valence-corrected chi connectivity index (χ4v) is 0.847. The van der Waals surface area contributed by atoms with Crippen LogP contribution >= 0.6 is 0 Å². The van der Waals surface area contributed by atoms with Crippen LogP contribution in [0.3, 0.4) is 0 Å². The molecule has 0 atom stereocenters. The highest BCUT2D eigenvalue weighted by Gasteiger charge is 1.99. The van der Waals surface area contributed by atoms with Crippen LogP contribution in [0, 0.1) is 0 Å². The van der Waals surface area contributed by atoms with E-state index in [4.69, 9.17) is 10.5 Å². The fraction of sp³-hybridized carbons (Fsp3) is 0.778. The van der Waals surface area contributed by atoms with E-state index >= 15 is 0 Å². The molecule has 0 heterocycles. The van der Waals surface area contributed by atoms with Crippen molar-refractivity contribution in [3.63, 3.8) is 0 Å². The number of hydrogen-bond acceptors (Lipinski definition) is 3. The minimum absolute atomic E-state index is 0.0370. The highest BCUT2D eigenvalue weighted by atomic mass is 16.5. The summed E-state index contributed by atoms with van der Waals surface area (Å²) in [6.07, 6.45) is 0. The molecular weight excluding hydrogens is 196 g/mol. The van der Waals surface area contributed by atoms with Gasteiger partial charge in [-0.25, -0.2) is 4.99 Å². The Morgan fingerprint density at radius 1 is 1.53 bits per heavy atom. The monoisotopic (exact) mass is 216 g/mol. The molecule has 0 aromatic heterocycles. The number of nitrogens with zero attached hydrogens (tertiary/aromatic N) is 1. The van der Waals surface area contributed by atoms with Crippen LogP contribution < -0.4 is 16.4 Å². The van der Waals surface area contributed by atoms with Crippen LogP contribution in [0.15, 0.2) is 4.99 Å². The lowest BCUT2D eigenvalue weighted by Crippen LogP contribution is -2.38. The zero-order valence-corrected chi connectivity index (χ0v) is 9.54. The smallest absolute Gasteiger partial charge is 0.241 e. The summed E-state index contributed by atoms with van der Waals surface area (Å²) in [4.78, 5) is 15.0. The van der Waals surface area contributed by atoms with Gasteiger partial charge < -0.3 is 21.1 Å². The second kappa shape index (κ2) is 8.05. The summed E-state index contributed by atoms with van der Waals surface area (Å²) in [5, 5.41) is 5.53. The number of methoxy groups -OCH3 is 1. The number of ether oxygens (including phenoxy) is 1. The molecule has 4 N–H and O–H groups in total. The van der Waals surface area contributed by atoms with Crippen molar-refractivity contribution in [2.45, 2.75) is 19.9 Å². The Labute approximate surface area is 90.3 Å². The van der Waals surface area contributed by atoms with Crippen molar-refractivity contribution in [1.29, 1.82) is 0 Å². The van der Waals surface area contributed by atoms with E-state index in [2.05, 4.69) is 15.6 Å². The van der Waals surface area contributed by atoms with E-state index in [1.807, 2.05) is 13.8 Å². The van der Waals surface area contributed by atoms with Gasteiger partial charge in [-0.3, -0.25) is 4.79 Å². The SMILES string of the molecule is COCCNC(=O)CN=C(N)NC(C)C. The number of amides is 1. The molecule has 0 aliphatic heterocycles. The zero-order valence-electron chi connectivity index (χ0n) is 9.54. The summed E-state index contributed by atoms with van der Waals surface area (Å²) < 4.78 is 4.78. The lowest BCUT2D eigenvalue weighted by atomic mass is 10.4. The van der Waals surface area contributed by atoms with Crippen LogP contribution in [0.25, 0.3) is 0 Å². The van der Waals surface area contributed by atoms with Gasteiger partial charge in [-0.1, -0.05) is 0 Å². The summed E-state index contributed by atoms with van der Waals surface area (Å²) in [6.45, 7) is 4.91. The van der Waals surface area contributed by atoms with Gasteiger partial charge in [-0.05, 0) is 13.8 Å². The fourth-order valence-electron chi connectivity index (χ4n) is 0.847. The lowest BCUT2D eigenvalue weighted by molar-refractivity contribution is -0.119. The van der Waals surface area contributed by atoms with Gasteiger partial charge in [-0.2, -0.15) is 0 Å². The average molecular weight is 216 g/mol. The molecule has 0 saturated carbocycles. The molecule has 0 unspecified atom stereocenters. The predicted molar refractivity (Wildman–Crippen MR) is 59.6 cm³/mol. The van der Waals surface area contributed by atoms with E-state index < -0.39 is 0 Å². The van der Waals surface area contributed by atoms with E-state index in [1.54, 1.807) is 7.11 Å². The first kappa shape index (κ1) is 13.7. The topological polar surface area (TPSA) is 88.7 Å². The number of rotatable bonds is 6. The molecule has 0 radical (unpaired) electrons. The number of carbonyl (C=O) groups is 1. The first-order valence-electron chi connectivity index (χ1n) is 4.88. The molecule has 0 aromatic carbocycles. The lowest BCUT2D eigenvalue weighted by Gasteiger charge is -2.08. The Kier molecular flexibility index (Phi) is 7.35. The van der Waals surface area contributed by atoms with Crippen LogP contribution in [-0.4, -0.2) is 44.7 Å². The molecule has 88 valence electrons. The highest BCUT2D eigenvalue weighted by molar-refractivity contribution is 5.83. The van der Waals surface area contributed by atoms with Gasteiger partial charge in [0.25, 0.3) is 0 Å². The van der Waals surface area contributed by atoms with E-state index in [0.29, 0.717) is 13.2 Å². The van der Waals surface area contributed by atoms with Crippen molar-refractivity contribution in [2.24, 2.45) is 10.7 Å². The molecule has 0 fully saturated rings. The number of aliphatic imine (C=N–C) groups is 1. The molecule has 0 rings (SSSR count). The Morgan fingerprint density at radius 2 is 2.20 bits per heavy atom. The maximum absolute atomic E-state index is 11.2. The molecular formula is C9H20N4O2. The predicted octanol–water partition coefficient (Wildman–Crippen LogP) is -0.938. The van der Waals surface area contributed by atoms with Gasteiger partial charge >= 0.3 is 0 Å². The second-order valence-corrected chi connectivity index (χ2v) is 3.34. The van der Waals surface area contributed by atoms with Crippen LogP contribution in [0.2, 0.25) is 0 Å². The van der Waals surface area contributed by atoms with E-state index in [9.17, 15) is 4.79 Å². The molecule has 6 nitrogen and oxygen atoms in total. The summed E-state index contributed by atoms with van der Waals surface area (Å²) in [6, 6.07) is 0.213. The van der Waals surface area contributed by atoms with Crippen molar-refractivity contribution < 1.29 is 9.53 Å². The molecule has 0 aliphatic carbocycles. The second-order valence-electron chi connectivity index (χ2n) is 3.34. The molecule has 0 saturated heterocycles. The number of nitrogens with two attached hydrogens (primary N) is 1. The summed E-state index contributed by atoms with van der Waals surface area (Å²) in [5.41, 5.74) is 5.51. The van der Waals surface area contributed by atoms with Crippen molar-refractivity contribution in [1.82, 2.24) is 10.6 Å². The molecule has 6 heteroatoms. The summed E-state index contributed by atoms with van der Waals surface area (Å²) >= 11 is 0. The quantitative estimate of drug-likeness (QED) is 0.304. The van der Waals surface area contributed by atoms with E-state index in [1.165, 1.54) is 0 Å². The van der Waals surface area contributed by atoms with Crippen molar-refractivity contribution in [3.05, 3.63) is 0 Å². The molecule has 1 amide bonds. The van der Waals surface area contributed by atoms with Gasteiger partial charge in [0.05, 0.1) is 6.61 Å². The molecule has 15 heavy (non-hydrogen) atoms. The largest absolute Gasteiger partial charge is 0.383 e. The van der Waals surface area contributed by atoms with E-state index in [0.717, 1.165) is 0 Å². The molecule has 0 bridgehead atoms. The number of carbonyl (C=O) groups excluding carboxylic acids is 1. The third-order valence-corrected chi connectivity index (χ3v) is 1.46.